The van der Waals surface area contributed by atoms with Crippen LogP contribution in [0.25, 0.3) is 0 Å². The first-order valence-electron chi connectivity index (χ1n) is 11.5. The van der Waals surface area contributed by atoms with Crippen LogP contribution < -0.4 is 10.2 Å². The van der Waals surface area contributed by atoms with Crippen molar-refractivity contribution >= 4 is 23.2 Å². The molecular weight excluding hydrogens is 445 g/mol. The van der Waals surface area contributed by atoms with E-state index in [1.807, 2.05) is 19.1 Å². The molecular formula is C25H31F3N4O2. The minimum Gasteiger partial charge on any atom is -0.369 e. The van der Waals surface area contributed by atoms with E-state index < -0.39 is 29.0 Å². The average Bonchev–Trinajstić information content (AvgIpc) is 2.84. The zero-order chi connectivity index (χ0) is 24.8. The molecule has 1 N–H and O–H groups in total. The SMILES string of the molecule is CCCN(CC(=O)Nc1ccc(F)c(F)c1F)C(=O)c1ccc(N2CCN(C(C)C)CC2)cc1. The van der Waals surface area contributed by atoms with Gasteiger partial charge in [0, 0.05) is 50.0 Å². The predicted molar refractivity (Wildman–Crippen MR) is 127 cm³/mol. The van der Waals surface area contributed by atoms with Crippen molar-refractivity contribution in [2.75, 3.05) is 49.5 Å². The first-order chi connectivity index (χ1) is 16.2. The Labute approximate surface area is 198 Å². The summed E-state index contributed by atoms with van der Waals surface area (Å²) in [4.78, 5) is 31.5. The Balaban J connectivity index is 1.64. The number of hydrogen-bond donors (Lipinski definition) is 1. The second-order valence-electron chi connectivity index (χ2n) is 8.66. The molecule has 2 aromatic rings. The lowest BCUT2D eigenvalue weighted by Gasteiger charge is -2.38. The molecule has 0 bridgehead atoms. The standard InChI is InChI=1S/C25H31F3N4O2/c1-4-11-32(16-22(33)29-21-10-9-20(26)23(27)24(21)28)25(34)18-5-7-19(8-6-18)31-14-12-30(13-15-31)17(2)3/h5-10,17H,4,11-16H2,1-3H3,(H,29,33). The third kappa shape index (κ3) is 6.08. The van der Waals surface area contributed by atoms with Crippen LogP contribution in [-0.2, 0) is 4.79 Å². The number of benzene rings is 2. The summed E-state index contributed by atoms with van der Waals surface area (Å²) < 4.78 is 40.4. The molecule has 0 saturated carbocycles. The highest BCUT2D eigenvalue weighted by molar-refractivity contribution is 5.99. The Morgan fingerprint density at radius 3 is 2.21 bits per heavy atom. The lowest BCUT2D eigenvalue weighted by molar-refractivity contribution is -0.116. The lowest BCUT2D eigenvalue weighted by atomic mass is 10.1. The second kappa shape index (κ2) is 11.4. The normalized spacial score (nSPS) is 14.4. The summed E-state index contributed by atoms with van der Waals surface area (Å²) in [5.74, 6) is -5.52. The van der Waals surface area contributed by atoms with Gasteiger partial charge in [0.2, 0.25) is 5.91 Å². The fraction of sp³-hybridized carbons (Fsp3) is 0.440. The summed E-state index contributed by atoms with van der Waals surface area (Å²) in [5, 5.41) is 2.21. The van der Waals surface area contributed by atoms with Gasteiger partial charge in [-0.2, -0.15) is 0 Å². The number of anilines is 2. The van der Waals surface area contributed by atoms with E-state index >= 15 is 0 Å². The van der Waals surface area contributed by atoms with Crippen molar-refractivity contribution in [2.45, 2.75) is 33.2 Å². The number of hydrogen-bond acceptors (Lipinski definition) is 4. The zero-order valence-electron chi connectivity index (χ0n) is 19.8. The summed E-state index contributed by atoms with van der Waals surface area (Å²) in [5.41, 5.74) is 0.994. The van der Waals surface area contributed by atoms with Crippen LogP contribution in [0.5, 0.6) is 0 Å². The van der Waals surface area contributed by atoms with Gasteiger partial charge < -0.3 is 15.1 Å². The molecule has 1 aliphatic rings. The fourth-order valence-electron chi connectivity index (χ4n) is 4.00. The van der Waals surface area contributed by atoms with Crippen molar-refractivity contribution in [3.05, 3.63) is 59.4 Å². The van der Waals surface area contributed by atoms with E-state index in [4.69, 9.17) is 0 Å². The van der Waals surface area contributed by atoms with Gasteiger partial charge in [-0.05, 0) is 56.7 Å². The Morgan fingerprint density at radius 2 is 1.62 bits per heavy atom. The number of amides is 2. The maximum absolute atomic E-state index is 13.9. The van der Waals surface area contributed by atoms with Crippen molar-refractivity contribution in [1.82, 2.24) is 9.80 Å². The Bertz CT molecular complexity index is 1010. The number of carbonyl (C=O) groups excluding carboxylic acids is 2. The van der Waals surface area contributed by atoms with E-state index in [1.54, 1.807) is 12.1 Å². The van der Waals surface area contributed by atoms with E-state index in [2.05, 4.69) is 29.0 Å². The third-order valence-corrected chi connectivity index (χ3v) is 5.95. The van der Waals surface area contributed by atoms with Gasteiger partial charge >= 0.3 is 0 Å². The quantitative estimate of drug-likeness (QED) is 0.583. The van der Waals surface area contributed by atoms with Gasteiger partial charge in [0.05, 0.1) is 5.69 Å². The largest absolute Gasteiger partial charge is 0.369 e. The molecule has 6 nitrogen and oxygen atoms in total. The summed E-state index contributed by atoms with van der Waals surface area (Å²) in [6, 6.07) is 9.47. The predicted octanol–water partition coefficient (Wildman–Crippen LogP) is 4.13. The molecule has 0 spiro atoms. The molecule has 1 aliphatic heterocycles. The number of nitrogens with one attached hydrogen (secondary N) is 1. The van der Waals surface area contributed by atoms with E-state index in [1.165, 1.54) is 4.90 Å². The summed E-state index contributed by atoms with van der Waals surface area (Å²) >= 11 is 0. The van der Waals surface area contributed by atoms with E-state index in [0.717, 1.165) is 44.0 Å². The van der Waals surface area contributed by atoms with Crippen molar-refractivity contribution in [1.29, 1.82) is 0 Å². The van der Waals surface area contributed by atoms with E-state index in [0.29, 0.717) is 24.6 Å². The molecule has 0 unspecified atom stereocenters. The van der Waals surface area contributed by atoms with Crippen LogP contribution in [0.4, 0.5) is 24.5 Å². The Morgan fingerprint density at radius 1 is 0.971 bits per heavy atom. The minimum atomic E-state index is -1.66. The highest BCUT2D eigenvalue weighted by Gasteiger charge is 2.22. The molecule has 9 heteroatoms. The summed E-state index contributed by atoms with van der Waals surface area (Å²) in [7, 11) is 0. The van der Waals surface area contributed by atoms with Gasteiger partial charge in [-0.1, -0.05) is 6.92 Å². The lowest BCUT2D eigenvalue weighted by Crippen LogP contribution is -2.48. The minimum absolute atomic E-state index is 0.311. The van der Waals surface area contributed by atoms with Crippen LogP contribution in [-0.4, -0.2) is 66.9 Å². The van der Waals surface area contributed by atoms with Crippen molar-refractivity contribution in [2.24, 2.45) is 0 Å². The fourth-order valence-corrected chi connectivity index (χ4v) is 4.00. The van der Waals surface area contributed by atoms with Crippen LogP contribution in [0.3, 0.4) is 0 Å². The molecule has 0 atom stereocenters. The van der Waals surface area contributed by atoms with Crippen LogP contribution in [0.1, 0.15) is 37.6 Å². The van der Waals surface area contributed by atoms with E-state index in [9.17, 15) is 22.8 Å². The monoisotopic (exact) mass is 476 g/mol. The molecule has 0 aliphatic carbocycles. The third-order valence-electron chi connectivity index (χ3n) is 5.95. The molecule has 3 rings (SSSR count). The number of rotatable bonds is 8. The molecule has 2 amide bonds. The van der Waals surface area contributed by atoms with Crippen molar-refractivity contribution in [3.8, 4) is 0 Å². The first-order valence-corrected chi connectivity index (χ1v) is 11.5. The van der Waals surface area contributed by atoms with Gasteiger partial charge in [0.1, 0.15) is 6.54 Å². The van der Waals surface area contributed by atoms with Gasteiger partial charge in [0.15, 0.2) is 17.5 Å². The number of nitrogens with zero attached hydrogens (tertiary/aromatic N) is 3. The van der Waals surface area contributed by atoms with Crippen molar-refractivity contribution in [3.63, 3.8) is 0 Å². The molecule has 2 aromatic carbocycles. The number of piperazine rings is 1. The highest BCUT2D eigenvalue weighted by Crippen LogP contribution is 2.21. The van der Waals surface area contributed by atoms with E-state index in [-0.39, 0.29) is 12.5 Å². The number of carbonyl (C=O) groups is 2. The van der Waals surface area contributed by atoms with Crippen LogP contribution in [0, 0.1) is 17.5 Å². The van der Waals surface area contributed by atoms with Crippen LogP contribution in [0.2, 0.25) is 0 Å². The smallest absolute Gasteiger partial charge is 0.254 e. The highest BCUT2D eigenvalue weighted by atomic mass is 19.2. The van der Waals surface area contributed by atoms with Gasteiger partial charge in [-0.25, -0.2) is 13.2 Å². The topological polar surface area (TPSA) is 55.9 Å². The van der Waals surface area contributed by atoms with Gasteiger partial charge in [0.25, 0.3) is 5.91 Å². The summed E-state index contributed by atoms with van der Waals surface area (Å²) in [6.45, 7) is 10.00. The van der Waals surface area contributed by atoms with Gasteiger partial charge in [-0.15, -0.1) is 0 Å². The Hall–Kier alpha value is -3.07. The molecule has 0 radical (unpaired) electrons. The first kappa shape index (κ1) is 25.6. The zero-order valence-corrected chi connectivity index (χ0v) is 19.8. The molecule has 184 valence electrons. The maximum atomic E-state index is 13.9. The number of halogens is 3. The van der Waals surface area contributed by atoms with Crippen molar-refractivity contribution < 1.29 is 22.8 Å². The molecule has 1 fully saturated rings. The Kier molecular flexibility index (Phi) is 8.55. The molecule has 1 saturated heterocycles. The molecule has 34 heavy (non-hydrogen) atoms. The second-order valence-corrected chi connectivity index (χ2v) is 8.66. The maximum Gasteiger partial charge on any atom is 0.254 e. The molecule has 0 aromatic heterocycles. The average molecular weight is 477 g/mol. The van der Waals surface area contributed by atoms with Crippen LogP contribution in [0.15, 0.2) is 36.4 Å². The van der Waals surface area contributed by atoms with Crippen LogP contribution >= 0.6 is 0 Å². The molecule has 1 heterocycles. The summed E-state index contributed by atoms with van der Waals surface area (Å²) in [6.07, 6.45) is 0.608. The van der Waals surface area contributed by atoms with Gasteiger partial charge in [-0.3, -0.25) is 14.5 Å².